The van der Waals surface area contributed by atoms with Crippen molar-refractivity contribution in [2.75, 3.05) is 5.75 Å². The van der Waals surface area contributed by atoms with Crippen molar-refractivity contribution in [3.05, 3.63) is 71.8 Å². The van der Waals surface area contributed by atoms with Crippen molar-refractivity contribution in [2.24, 2.45) is 0 Å². The molecular formula is C18H19NO3S. The Balaban J connectivity index is 2.47. The van der Waals surface area contributed by atoms with Gasteiger partial charge in [-0.15, -0.1) is 0 Å². The molecule has 2 atom stereocenters. The van der Waals surface area contributed by atoms with E-state index in [9.17, 15) is 14.7 Å². The number of ketones is 1. The first-order chi connectivity index (χ1) is 11.0. The van der Waals surface area contributed by atoms with E-state index in [2.05, 4.69) is 17.9 Å². The van der Waals surface area contributed by atoms with Crippen molar-refractivity contribution in [1.29, 1.82) is 0 Å². The lowest BCUT2D eigenvalue weighted by Gasteiger charge is -2.32. The summed E-state index contributed by atoms with van der Waals surface area (Å²) in [6.45, 7) is 1.71. The number of thiol groups is 1. The molecule has 0 aliphatic heterocycles. The maximum absolute atomic E-state index is 13.1. The van der Waals surface area contributed by atoms with Crippen LogP contribution in [0.25, 0.3) is 0 Å². The molecule has 0 spiro atoms. The highest BCUT2D eigenvalue weighted by atomic mass is 32.1. The van der Waals surface area contributed by atoms with E-state index in [1.807, 2.05) is 36.4 Å². The zero-order valence-corrected chi connectivity index (χ0v) is 13.7. The first-order valence-corrected chi connectivity index (χ1v) is 7.89. The summed E-state index contributed by atoms with van der Waals surface area (Å²) < 4.78 is 0. The lowest BCUT2D eigenvalue weighted by Crippen LogP contribution is -2.54. The van der Waals surface area contributed by atoms with E-state index in [0.717, 1.165) is 0 Å². The van der Waals surface area contributed by atoms with E-state index in [1.54, 1.807) is 31.2 Å². The van der Waals surface area contributed by atoms with Crippen LogP contribution in [0.1, 0.15) is 22.8 Å². The molecule has 0 aromatic heterocycles. The zero-order chi connectivity index (χ0) is 16.9. The van der Waals surface area contributed by atoms with Gasteiger partial charge in [0.15, 0.2) is 5.78 Å². The second-order valence-electron chi connectivity index (χ2n) is 5.40. The highest BCUT2D eigenvalue weighted by Crippen LogP contribution is 2.26. The smallest absolute Gasteiger partial charge is 0.321 e. The lowest BCUT2D eigenvalue weighted by atomic mass is 9.83. The summed E-state index contributed by atoms with van der Waals surface area (Å²) in [5, 5.41) is 12.3. The monoisotopic (exact) mass is 329 g/mol. The number of Topliss-reactive ketones (excluding diaryl/α,β-unsaturated/α-hetero) is 1. The molecule has 23 heavy (non-hydrogen) atoms. The predicted molar refractivity (Wildman–Crippen MR) is 93.0 cm³/mol. The van der Waals surface area contributed by atoms with Crippen LogP contribution in [0.5, 0.6) is 0 Å². The van der Waals surface area contributed by atoms with Crippen LogP contribution in [0.15, 0.2) is 60.7 Å². The molecule has 0 fully saturated rings. The lowest BCUT2D eigenvalue weighted by molar-refractivity contribution is -0.139. The minimum atomic E-state index is -1.16. The van der Waals surface area contributed by atoms with Gasteiger partial charge in [0.2, 0.25) is 0 Å². The van der Waals surface area contributed by atoms with E-state index in [0.29, 0.717) is 11.1 Å². The average molecular weight is 329 g/mol. The molecule has 0 aliphatic rings. The summed E-state index contributed by atoms with van der Waals surface area (Å²) >= 11 is 4.08. The van der Waals surface area contributed by atoms with Crippen LogP contribution in [0.2, 0.25) is 0 Å². The summed E-state index contributed by atoms with van der Waals surface area (Å²) in [7, 11) is 0. The van der Waals surface area contributed by atoms with Crippen molar-refractivity contribution in [3.63, 3.8) is 0 Å². The largest absolute Gasteiger partial charge is 0.480 e. The molecule has 4 nitrogen and oxygen atoms in total. The fraction of sp³-hybridized carbons (Fsp3) is 0.222. The van der Waals surface area contributed by atoms with E-state index in [1.165, 1.54) is 0 Å². The maximum Gasteiger partial charge on any atom is 0.321 e. The molecule has 120 valence electrons. The molecule has 0 amide bonds. The Bertz CT molecular complexity index is 675. The van der Waals surface area contributed by atoms with Gasteiger partial charge in [0.05, 0.1) is 0 Å². The summed E-state index contributed by atoms with van der Waals surface area (Å²) in [6, 6.07) is 17.0. The number of nitrogens with one attached hydrogen (secondary N) is 1. The molecule has 0 aliphatic carbocycles. The summed E-state index contributed by atoms with van der Waals surface area (Å²) in [4.78, 5) is 24.4. The van der Waals surface area contributed by atoms with Crippen molar-refractivity contribution in [2.45, 2.75) is 18.5 Å². The number of benzene rings is 2. The Morgan fingerprint density at radius 3 is 2.09 bits per heavy atom. The SMILES string of the molecule is CC(NC(CS)C(=O)O)(C(=O)c1ccccc1)c1ccccc1. The van der Waals surface area contributed by atoms with Crippen LogP contribution in [0.4, 0.5) is 0 Å². The molecule has 0 radical (unpaired) electrons. The first kappa shape index (κ1) is 17.2. The topological polar surface area (TPSA) is 66.4 Å². The standard InChI is InChI=1S/C18H19NO3S/c1-18(14-10-6-3-7-11-14,19-15(12-23)17(21)22)16(20)13-8-4-2-5-9-13/h2-11,15,19,23H,12H2,1H3,(H,21,22). The fourth-order valence-corrected chi connectivity index (χ4v) is 2.71. The number of hydrogen-bond acceptors (Lipinski definition) is 4. The van der Waals surface area contributed by atoms with Crippen LogP contribution in [-0.2, 0) is 10.3 Å². The summed E-state index contributed by atoms with van der Waals surface area (Å²) in [5.74, 6) is -1.14. The number of hydrogen-bond donors (Lipinski definition) is 3. The van der Waals surface area contributed by atoms with Crippen LogP contribution in [-0.4, -0.2) is 28.7 Å². The fourth-order valence-electron chi connectivity index (χ4n) is 2.46. The molecule has 0 bridgehead atoms. The number of aliphatic carboxylic acids is 1. The second kappa shape index (κ2) is 7.44. The molecule has 2 unspecified atom stereocenters. The minimum Gasteiger partial charge on any atom is -0.480 e. The zero-order valence-electron chi connectivity index (χ0n) is 12.8. The summed E-state index contributed by atoms with van der Waals surface area (Å²) in [5.41, 5.74) is 0.0746. The minimum absolute atomic E-state index is 0.0832. The van der Waals surface area contributed by atoms with Gasteiger partial charge in [-0.2, -0.15) is 12.6 Å². The van der Waals surface area contributed by atoms with Gasteiger partial charge >= 0.3 is 5.97 Å². The Hall–Kier alpha value is -2.11. The third kappa shape index (κ3) is 3.81. The Morgan fingerprint density at radius 1 is 1.09 bits per heavy atom. The van der Waals surface area contributed by atoms with E-state index >= 15 is 0 Å². The predicted octanol–water partition coefficient (Wildman–Crippen LogP) is 2.76. The first-order valence-electron chi connectivity index (χ1n) is 7.26. The molecule has 0 saturated carbocycles. The number of carbonyl (C=O) groups excluding carboxylic acids is 1. The van der Waals surface area contributed by atoms with Crippen LogP contribution in [0, 0.1) is 0 Å². The summed E-state index contributed by atoms with van der Waals surface area (Å²) in [6.07, 6.45) is 0. The molecule has 2 aromatic rings. The maximum atomic E-state index is 13.1. The quantitative estimate of drug-likeness (QED) is 0.540. The molecule has 2 N–H and O–H groups in total. The second-order valence-corrected chi connectivity index (χ2v) is 5.77. The van der Waals surface area contributed by atoms with Gasteiger partial charge in [-0.3, -0.25) is 14.9 Å². The van der Waals surface area contributed by atoms with E-state index in [-0.39, 0.29) is 11.5 Å². The van der Waals surface area contributed by atoms with Crippen molar-refractivity contribution in [3.8, 4) is 0 Å². The van der Waals surface area contributed by atoms with Crippen molar-refractivity contribution >= 4 is 24.4 Å². The highest BCUT2D eigenvalue weighted by molar-refractivity contribution is 7.80. The van der Waals surface area contributed by atoms with Gasteiger partial charge in [0.1, 0.15) is 11.6 Å². The molecule has 5 heteroatoms. The third-order valence-corrected chi connectivity index (χ3v) is 4.15. The van der Waals surface area contributed by atoms with Gasteiger partial charge in [0, 0.05) is 11.3 Å². The normalized spacial score (nSPS) is 14.7. The van der Waals surface area contributed by atoms with Gasteiger partial charge in [-0.05, 0) is 12.5 Å². The molecule has 2 aromatic carbocycles. The Labute approximate surface area is 141 Å². The number of carboxylic acids is 1. The highest BCUT2D eigenvalue weighted by Gasteiger charge is 2.38. The van der Waals surface area contributed by atoms with E-state index in [4.69, 9.17) is 0 Å². The van der Waals surface area contributed by atoms with Crippen molar-refractivity contribution in [1.82, 2.24) is 5.32 Å². The number of carbonyl (C=O) groups is 2. The number of carboxylic acid groups (broad SMARTS) is 1. The average Bonchev–Trinajstić information content (AvgIpc) is 2.60. The molecule has 0 heterocycles. The van der Waals surface area contributed by atoms with Gasteiger partial charge in [0.25, 0.3) is 0 Å². The van der Waals surface area contributed by atoms with Gasteiger partial charge in [-0.1, -0.05) is 60.7 Å². The molecular weight excluding hydrogens is 310 g/mol. The van der Waals surface area contributed by atoms with Gasteiger partial charge < -0.3 is 5.11 Å². The Kier molecular flexibility index (Phi) is 5.58. The molecule has 0 saturated heterocycles. The third-order valence-electron chi connectivity index (χ3n) is 3.78. The van der Waals surface area contributed by atoms with Crippen LogP contribution >= 0.6 is 12.6 Å². The Morgan fingerprint density at radius 2 is 1.61 bits per heavy atom. The van der Waals surface area contributed by atoms with Crippen LogP contribution < -0.4 is 5.32 Å². The van der Waals surface area contributed by atoms with Crippen molar-refractivity contribution < 1.29 is 14.7 Å². The number of rotatable bonds is 7. The van der Waals surface area contributed by atoms with Gasteiger partial charge in [-0.25, -0.2) is 0 Å². The van der Waals surface area contributed by atoms with E-state index < -0.39 is 17.6 Å². The van der Waals surface area contributed by atoms with Crippen LogP contribution in [0.3, 0.4) is 0 Å². The molecule has 2 rings (SSSR count).